The summed E-state index contributed by atoms with van der Waals surface area (Å²) < 4.78 is 12.5. The van der Waals surface area contributed by atoms with Crippen LogP contribution in [0.5, 0.6) is 0 Å². The number of hydrogen-bond donors (Lipinski definition) is 1. The van der Waals surface area contributed by atoms with E-state index in [1.807, 2.05) is 0 Å². The van der Waals surface area contributed by atoms with E-state index in [-0.39, 0.29) is 18.6 Å². The Morgan fingerprint density at radius 3 is 3.21 bits per heavy atom. The summed E-state index contributed by atoms with van der Waals surface area (Å²) in [5.74, 6) is -0.115. The first-order valence-electron chi connectivity index (χ1n) is 6.63. The van der Waals surface area contributed by atoms with Gasteiger partial charge in [0.05, 0.1) is 19.3 Å². The Hall–Kier alpha value is -1.47. The molecule has 1 N–H and O–H groups in total. The van der Waals surface area contributed by atoms with Gasteiger partial charge in [-0.2, -0.15) is 5.10 Å². The number of ether oxygens (including phenoxy) is 2. The van der Waals surface area contributed by atoms with Gasteiger partial charge in [-0.05, 0) is 19.3 Å². The summed E-state index contributed by atoms with van der Waals surface area (Å²) in [5.41, 5.74) is 0. The van der Waals surface area contributed by atoms with Crippen molar-refractivity contribution in [3.63, 3.8) is 0 Å². The van der Waals surface area contributed by atoms with Crippen LogP contribution in [0.3, 0.4) is 0 Å². The maximum Gasteiger partial charge on any atom is 0.246 e. The Labute approximate surface area is 112 Å². The van der Waals surface area contributed by atoms with Crippen molar-refractivity contribution >= 4 is 5.91 Å². The van der Waals surface area contributed by atoms with Crippen molar-refractivity contribution < 1.29 is 14.3 Å². The maximum absolute atomic E-state index is 11.5. The van der Waals surface area contributed by atoms with Crippen LogP contribution in [-0.2, 0) is 20.8 Å². The van der Waals surface area contributed by atoms with E-state index >= 15 is 0 Å². The lowest BCUT2D eigenvalue weighted by Crippen LogP contribution is -2.32. The molecule has 1 aromatic rings. The number of aromatic nitrogens is 3. The van der Waals surface area contributed by atoms with Gasteiger partial charge in [0.15, 0.2) is 0 Å². The highest BCUT2D eigenvalue weighted by Crippen LogP contribution is 2.12. The average Bonchev–Trinajstić information content (AvgIpc) is 2.93. The third-order valence-electron chi connectivity index (χ3n) is 2.94. The van der Waals surface area contributed by atoms with Gasteiger partial charge in [-0.25, -0.2) is 4.98 Å². The summed E-state index contributed by atoms with van der Waals surface area (Å²) in [6, 6.07) is 0. The summed E-state index contributed by atoms with van der Waals surface area (Å²) in [4.78, 5) is 15.3. The number of hydrogen-bond acceptors (Lipinski definition) is 5. The predicted octanol–water partition coefficient (Wildman–Crippen LogP) is -0.0200. The lowest BCUT2D eigenvalue weighted by atomic mass is 10.1. The van der Waals surface area contributed by atoms with Gasteiger partial charge in [0, 0.05) is 13.2 Å². The topological polar surface area (TPSA) is 78.3 Å². The van der Waals surface area contributed by atoms with E-state index in [9.17, 15) is 4.79 Å². The molecule has 1 saturated heterocycles. The zero-order valence-electron chi connectivity index (χ0n) is 11.0. The van der Waals surface area contributed by atoms with Crippen molar-refractivity contribution in [3.8, 4) is 0 Å². The number of nitrogens with zero attached hydrogens (tertiary/aromatic N) is 3. The second-order valence-electron chi connectivity index (χ2n) is 4.51. The van der Waals surface area contributed by atoms with Crippen LogP contribution in [0.25, 0.3) is 0 Å². The summed E-state index contributed by atoms with van der Waals surface area (Å²) >= 11 is 0. The normalized spacial score (nSPS) is 19.3. The molecule has 0 aliphatic carbocycles. The van der Waals surface area contributed by atoms with E-state index in [4.69, 9.17) is 9.47 Å². The third-order valence-corrected chi connectivity index (χ3v) is 2.94. The van der Waals surface area contributed by atoms with E-state index in [1.165, 1.54) is 12.7 Å². The molecule has 1 atom stereocenters. The molecular weight excluding hydrogens is 248 g/mol. The maximum atomic E-state index is 11.5. The molecule has 1 aliphatic rings. The minimum absolute atomic E-state index is 0.0806. The average molecular weight is 268 g/mol. The van der Waals surface area contributed by atoms with E-state index < -0.39 is 0 Å². The van der Waals surface area contributed by atoms with Gasteiger partial charge in [0.1, 0.15) is 19.3 Å². The molecule has 1 aromatic heterocycles. The fourth-order valence-electron chi connectivity index (χ4n) is 1.93. The van der Waals surface area contributed by atoms with Crippen molar-refractivity contribution in [2.75, 3.05) is 26.4 Å². The Kier molecular flexibility index (Phi) is 5.77. The van der Waals surface area contributed by atoms with Gasteiger partial charge in [-0.1, -0.05) is 0 Å². The van der Waals surface area contributed by atoms with Gasteiger partial charge < -0.3 is 14.8 Å². The fourth-order valence-corrected chi connectivity index (χ4v) is 1.93. The van der Waals surface area contributed by atoms with Crippen molar-refractivity contribution in [1.82, 2.24) is 20.1 Å². The van der Waals surface area contributed by atoms with Crippen molar-refractivity contribution in [2.45, 2.75) is 31.9 Å². The molecule has 2 heterocycles. The summed E-state index contributed by atoms with van der Waals surface area (Å²) in [7, 11) is 0. The molecule has 1 fully saturated rings. The summed E-state index contributed by atoms with van der Waals surface area (Å²) in [6.45, 7) is 2.51. The predicted molar refractivity (Wildman–Crippen MR) is 67.4 cm³/mol. The van der Waals surface area contributed by atoms with Crippen LogP contribution in [0.2, 0.25) is 0 Å². The monoisotopic (exact) mass is 268 g/mol. The number of carbonyl (C=O) groups is 1. The molecule has 0 aromatic carbocycles. The van der Waals surface area contributed by atoms with Crippen LogP contribution in [-0.4, -0.2) is 53.1 Å². The quantitative estimate of drug-likeness (QED) is 0.752. The highest BCUT2D eigenvalue weighted by atomic mass is 16.5. The summed E-state index contributed by atoms with van der Waals surface area (Å²) in [5, 5.41) is 6.71. The Morgan fingerprint density at radius 2 is 2.47 bits per heavy atom. The molecule has 0 radical (unpaired) electrons. The molecule has 0 unspecified atom stereocenters. The van der Waals surface area contributed by atoms with Crippen LogP contribution in [0.4, 0.5) is 0 Å². The van der Waals surface area contributed by atoms with Crippen LogP contribution >= 0.6 is 0 Å². The molecular formula is C12H20N4O3. The Morgan fingerprint density at radius 1 is 1.53 bits per heavy atom. The first kappa shape index (κ1) is 14.0. The number of nitrogens with one attached hydrogen (secondary N) is 1. The SMILES string of the molecule is O=C(COC[C@@H]1CCCCO1)NCCn1cncn1. The van der Waals surface area contributed by atoms with E-state index in [0.717, 1.165) is 19.4 Å². The van der Waals surface area contributed by atoms with E-state index in [2.05, 4.69) is 15.4 Å². The zero-order chi connectivity index (χ0) is 13.3. The van der Waals surface area contributed by atoms with Gasteiger partial charge in [0.2, 0.25) is 5.91 Å². The Balaban J connectivity index is 1.49. The van der Waals surface area contributed by atoms with Gasteiger partial charge in [0.25, 0.3) is 0 Å². The van der Waals surface area contributed by atoms with Crippen molar-refractivity contribution in [3.05, 3.63) is 12.7 Å². The number of amides is 1. The van der Waals surface area contributed by atoms with Gasteiger partial charge in [-0.3, -0.25) is 9.48 Å². The van der Waals surface area contributed by atoms with Crippen molar-refractivity contribution in [2.24, 2.45) is 0 Å². The number of rotatable bonds is 7. The standard InChI is InChI=1S/C12H20N4O3/c17-12(14-4-5-16-10-13-9-15-16)8-18-7-11-3-1-2-6-19-11/h9-11H,1-8H2,(H,14,17)/t11-/m0/s1. The second-order valence-corrected chi connectivity index (χ2v) is 4.51. The van der Waals surface area contributed by atoms with E-state index in [0.29, 0.717) is 19.7 Å². The van der Waals surface area contributed by atoms with Crippen molar-refractivity contribution in [1.29, 1.82) is 0 Å². The molecule has 7 heteroatoms. The molecule has 0 bridgehead atoms. The Bertz CT molecular complexity index is 363. The van der Waals surface area contributed by atoms with E-state index in [1.54, 1.807) is 11.0 Å². The van der Waals surface area contributed by atoms with Crippen LogP contribution in [0.1, 0.15) is 19.3 Å². The molecule has 7 nitrogen and oxygen atoms in total. The smallest absolute Gasteiger partial charge is 0.246 e. The highest BCUT2D eigenvalue weighted by Gasteiger charge is 2.14. The fraction of sp³-hybridized carbons (Fsp3) is 0.750. The van der Waals surface area contributed by atoms with Crippen LogP contribution in [0, 0.1) is 0 Å². The lowest BCUT2D eigenvalue weighted by Gasteiger charge is -2.22. The van der Waals surface area contributed by atoms with Crippen LogP contribution in [0.15, 0.2) is 12.7 Å². The second kappa shape index (κ2) is 7.85. The lowest BCUT2D eigenvalue weighted by molar-refractivity contribution is -0.127. The van der Waals surface area contributed by atoms with Crippen LogP contribution < -0.4 is 5.32 Å². The molecule has 1 aliphatic heterocycles. The highest BCUT2D eigenvalue weighted by molar-refractivity contribution is 5.77. The third kappa shape index (κ3) is 5.35. The minimum atomic E-state index is -0.115. The molecule has 2 rings (SSSR count). The molecule has 1 amide bonds. The number of carbonyl (C=O) groups excluding carboxylic acids is 1. The first-order chi connectivity index (χ1) is 9.34. The molecule has 19 heavy (non-hydrogen) atoms. The molecule has 0 spiro atoms. The van der Waals surface area contributed by atoms with Gasteiger partial charge >= 0.3 is 0 Å². The molecule has 0 saturated carbocycles. The van der Waals surface area contributed by atoms with Gasteiger partial charge in [-0.15, -0.1) is 0 Å². The minimum Gasteiger partial charge on any atom is -0.376 e. The largest absolute Gasteiger partial charge is 0.376 e. The summed E-state index contributed by atoms with van der Waals surface area (Å²) in [6.07, 6.45) is 6.56. The first-order valence-corrected chi connectivity index (χ1v) is 6.63. The zero-order valence-corrected chi connectivity index (χ0v) is 11.0. The molecule has 106 valence electrons.